The summed E-state index contributed by atoms with van der Waals surface area (Å²) < 4.78 is 48.4. The number of fused-ring (bicyclic) bond motifs is 1. The molecule has 1 amide bonds. The number of carbonyl (C=O) groups excluding carboxylic acids is 1. The molecule has 190 valence electrons. The third-order valence-electron chi connectivity index (χ3n) is 6.09. The van der Waals surface area contributed by atoms with Crippen molar-refractivity contribution >= 4 is 27.1 Å². The van der Waals surface area contributed by atoms with Crippen LogP contribution in [0.3, 0.4) is 0 Å². The minimum atomic E-state index is -4.02. The zero-order valence-electron chi connectivity index (χ0n) is 20.1. The lowest BCUT2D eigenvalue weighted by atomic mass is 9.88. The molecule has 0 radical (unpaired) electrons. The number of hydrogen-bond donors (Lipinski definition) is 3. The second-order valence-corrected chi connectivity index (χ2v) is 11.4. The van der Waals surface area contributed by atoms with Gasteiger partial charge in [0.1, 0.15) is 42.3 Å². The second-order valence-electron chi connectivity index (χ2n) is 9.46. The highest BCUT2D eigenvalue weighted by Gasteiger charge is 2.47. The van der Waals surface area contributed by atoms with Crippen LogP contribution in [-0.4, -0.2) is 43.5 Å². The van der Waals surface area contributed by atoms with Crippen molar-refractivity contribution in [2.45, 2.75) is 33.2 Å². The standard InChI is InChI=1S/C26H27FN2O6S/c1-4-5-11-35-16-9-10-17(18(27)12-16)24-25-19(13-26(2,3)15-36(25,33)34)28-23-20(7-6-8-21(23)31)29(24)22(32)14-30/h6-10,12,24,28,30-31H,11,13-15H2,1-3H3. The Morgan fingerprint density at radius 2 is 2.06 bits per heavy atom. The number of rotatable bonds is 4. The van der Waals surface area contributed by atoms with Gasteiger partial charge in [-0.3, -0.25) is 9.69 Å². The number of nitrogens with one attached hydrogen (secondary N) is 1. The average molecular weight is 515 g/mol. The molecule has 0 fully saturated rings. The van der Waals surface area contributed by atoms with Crippen LogP contribution in [0.2, 0.25) is 0 Å². The smallest absolute Gasteiger partial charge is 0.253 e. The zero-order chi connectivity index (χ0) is 26.3. The summed E-state index contributed by atoms with van der Waals surface area (Å²) in [7, 11) is -4.02. The van der Waals surface area contributed by atoms with Crippen molar-refractivity contribution in [2.75, 3.05) is 29.2 Å². The normalized spacial score (nSPS) is 19.7. The first kappa shape index (κ1) is 25.5. The molecule has 0 spiro atoms. The predicted octanol–water partition coefficient (Wildman–Crippen LogP) is 3.48. The van der Waals surface area contributed by atoms with Crippen molar-refractivity contribution in [3.8, 4) is 23.3 Å². The molecule has 0 saturated heterocycles. The number of aliphatic hydroxyl groups excluding tert-OH is 1. The third-order valence-corrected chi connectivity index (χ3v) is 8.39. The molecule has 2 heterocycles. The van der Waals surface area contributed by atoms with Gasteiger partial charge in [-0.25, -0.2) is 12.8 Å². The van der Waals surface area contributed by atoms with Crippen LogP contribution in [0.5, 0.6) is 11.5 Å². The topological polar surface area (TPSA) is 116 Å². The summed E-state index contributed by atoms with van der Waals surface area (Å²) in [5.41, 5.74) is -0.295. The summed E-state index contributed by atoms with van der Waals surface area (Å²) in [6, 6.07) is 6.88. The Kier molecular flexibility index (Phi) is 6.73. The van der Waals surface area contributed by atoms with Gasteiger partial charge in [0.25, 0.3) is 5.91 Å². The molecule has 0 aromatic heterocycles. The first-order valence-electron chi connectivity index (χ1n) is 11.3. The van der Waals surface area contributed by atoms with Crippen molar-refractivity contribution in [3.63, 3.8) is 0 Å². The van der Waals surface area contributed by atoms with Crippen LogP contribution < -0.4 is 15.0 Å². The molecule has 0 saturated carbocycles. The molecule has 36 heavy (non-hydrogen) atoms. The molecule has 0 bridgehead atoms. The molecule has 4 rings (SSSR count). The highest BCUT2D eigenvalue weighted by atomic mass is 32.2. The van der Waals surface area contributed by atoms with Crippen LogP contribution in [0.4, 0.5) is 15.8 Å². The van der Waals surface area contributed by atoms with E-state index in [1.54, 1.807) is 20.8 Å². The highest BCUT2D eigenvalue weighted by molar-refractivity contribution is 7.95. The summed E-state index contributed by atoms with van der Waals surface area (Å²) in [6.45, 7) is 4.32. The molecule has 2 aliphatic rings. The first-order chi connectivity index (χ1) is 17.0. The van der Waals surface area contributed by atoms with Gasteiger partial charge in [-0.05, 0) is 43.0 Å². The van der Waals surface area contributed by atoms with Crippen LogP contribution in [0.15, 0.2) is 47.0 Å². The van der Waals surface area contributed by atoms with Gasteiger partial charge in [-0.1, -0.05) is 25.8 Å². The monoisotopic (exact) mass is 514 g/mol. The van der Waals surface area contributed by atoms with Crippen molar-refractivity contribution in [1.82, 2.24) is 0 Å². The number of hydrogen-bond acceptors (Lipinski definition) is 7. The average Bonchev–Trinajstić information content (AvgIpc) is 2.93. The van der Waals surface area contributed by atoms with Gasteiger partial charge < -0.3 is 20.3 Å². The summed E-state index contributed by atoms with van der Waals surface area (Å²) in [5.74, 6) is 3.46. The molecule has 3 N–H and O–H groups in total. The largest absolute Gasteiger partial charge is 0.506 e. The molecule has 2 aliphatic heterocycles. The summed E-state index contributed by atoms with van der Waals surface area (Å²) in [4.78, 5) is 14.0. The number of nitrogens with zero attached hydrogens (tertiary/aromatic N) is 1. The number of para-hydroxylation sites is 1. The molecular weight excluding hydrogens is 487 g/mol. The fourth-order valence-electron chi connectivity index (χ4n) is 4.75. The maximum atomic E-state index is 15.6. The van der Waals surface area contributed by atoms with Gasteiger partial charge in [0, 0.05) is 17.3 Å². The van der Waals surface area contributed by atoms with Crippen LogP contribution in [-0.2, 0) is 14.6 Å². The predicted molar refractivity (Wildman–Crippen MR) is 134 cm³/mol. The maximum Gasteiger partial charge on any atom is 0.253 e. The number of aliphatic hydroxyl groups is 1. The Balaban J connectivity index is 2.01. The van der Waals surface area contributed by atoms with E-state index in [4.69, 9.17) is 4.74 Å². The molecule has 10 heteroatoms. The fourth-order valence-corrected chi connectivity index (χ4v) is 7.11. The Labute approximate surface area is 209 Å². The van der Waals surface area contributed by atoms with E-state index < -0.39 is 39.6 Å². The molecular formula is C26H27FN2O6S. The Morgan fingerprint density at radius 1 is 1.31 bits per heavy atom. The van der Waals surface area contributed by atoms with Gasteiger partial charge in [0.2, 0.25) is 0 Å². The minimum absolute atomic E-state index is 0.0448. The van der Waals surface area contributed by atoms with E-state index in [1.165, 1.54) is 30.3 Å². The number of halogens is 1. The van der Waals surface area contributed by atoms with Crippen molar-refractivity contribution < 1.29 is 32.6 Å². The van der Waals surface area contributed by atoms with E-state index >= 15 is 4.39 Å². The van der Waals surface area contributed by atoms with Crippen LogP contribution in [0, 0.1) is 23.1 Å². The molecule has 1 atom stereocenters. The molecule has 2 aromatic carbocycles. The Bertz CT molecular complexity index is 1420. The van der Waals surface area contributed by atoms with Crippen LogP contribution in [0.25, 0.3) is 0 Å². The number of phenolic OH excluding ortho intramolecular Hbond substituents is 1. The van der Waals surface area contributed by atoms with Crippen LogP contribution in [0.1, 0.15) is 38.8 Å². The van der Waals surface area contributed by atoms with E-state index in [0.717, 1.165) is 11.0 Å². The van der Waals surface area contributed by atoms with Gasteiger partial charge in [-0.2, -0.15) is 0 Å². The Morgan fingerprint density at radius 3 is 2.72 bits per heavy atom. The van der Waals surface area contributed by atoms with E-state index in [1.807, 2.05) is 0 Å². The maximum absolute atomic E-state index is 15.6. The van der Waals surface area contributed by atoms with E-state index in [2.05, 4.69) is 17.2 Å². The number of amides is 1. The van der Waals surface area contributed by atoms with Gasteiger partial charge in [0.05, 0.1) is 16.3 Å². The lowest BCUT2D eigenvalue weighted by Crippen LogP contribution is -2.42. The third kappa shape index (κ3) is 4.64. The summed E-state index contributed by atoms with van der Waals surface area (Å²) >= 11 is 0. The quantitative estimate of drug-likeness (QED) is 0.423. The van der Waals surface area contributed by atoms with E-state index in [9.17, 15) is 23.4 Å². The molecule has 0 aliphatic carbocycles. The zero-order valence-corrected chi connectivity index (χ0v) is 20.9. The minimum Gasteiger partial charge on any atom is -0.506 e. The van der Waals surface area contributed by atoms with Crippen molar-refractivity contribution in [2.24, 2.45) is 5.41 Å². The number of aromatic hydroxyl groups is 1. The second kappa shape index (κ2) is 9.48. The van der Waals surface area contributed by atoms with Gasteiger partial charge >= 0.3 is 0 Å². The molecule has 8 nitrogen and oxygen atoms in total. The highest BCUT2D eigenvalue weighted by Crippen LogP contribution is 2.51. The van der Waals surface area contributed by atoms with Crippen molar-refractivity contribution in [3.05, 3.63) is 58.4 Å². The lowest BCUT2D eigenvalue weighted by molar-refractivity contribution is -0.121. The fraction of sp³-hybridized carbons (Fsp3) is 0.346. The van der Waals surface area contributed by atoms with Gasteiger partial charge in [0.15, 0.2) is 9.84 Å². The van der Waals surface area contributed by atoms with Crippen molar-refractivity contribution in [1.29, 1.82) is 0 Å². The summed E-state index contributed by atoms with van der Waals surface area (Å²) in [5, 5.41) is 23.5. The number of carbonyl (C=O) groups is 1. The summed E-state index contributed by atoms with van der Waals surface area (Å²) in [6.07, 6.45) is 0.269. The number of allylic oxidation sites excluding steroid dienone is 1. The van der Waals surface area contributed by atoms with E-state index in [-0.39, 0.29) is 57.8 Å². The number of ether oxygens (including phenoxy) is 1. The molecule has 2 aromatic rings. The van der Waals surface area contributed by atoms with Crippen LogP contribution >= 0.6 is 0 Å². The number of sulfone groups is 1. The Hall–Kier alpha value is -3.55. The number of anilines is 2. The van der Waals surface area contributed by atoms with E-state index in [0.29, 0.717) is 0 Å². The first-order valence-corrected chi connectivity index (χ1v) is 12.9. The van der Waals surface area contributed by atoms with Gasteiger partial charge in [-0.15, -0.1) is 5.92 Å². The number of phenols is 1. The lowest BCUT2D eigenvalue weighted by Gasteiger charge is -2.37. The molecule has 1 unspecified atom stereocenters. The SMILES string of the molecule is CC#CCOc1ccc(C2C3=C(CC(C)(C)CS3(=O)=O)Nc3c(O)cccc3N2C(=O)CO)c(F)c1. The number of benzene rings is 2.